The molecule has 150 valence electrons. The number of rotatable bonds is 2. The van der Waals surface area contributed by atoms with Crippen molar-refractivity contribution in [2.45, 2.75) is 25.2 Å². The Morgan fingerprint density at radius 3 is 1.86 bits per heavy atom. The van der Waals surface area contributed by atoms with E-state index in [0.29, 0.717) is 12.1 Å². The molecule has 1 aliphatic rings. The van der Waals surface area contributed by atoms with E-state index in [0.717, 1.165) is 31.6 Å². The average molecular weight is 419 g/mol. The van der Waals surface area contributed by atoms with Crippen LogP contribution in [-0.2, 0) is 25.0 Å². The van der Waals surface area contributed by atoms with E-state index in [-0.39, 0.29) is 11.2 Å². The molecule has 0 unspecified atom stereocenters. The summed E-state index contributed by atoms with van der Waals surface area (Å²) >= 11 is 5.07. The summed E-state index contributed by atoms with van der Waals surface area (Å²) in [5.74, 6) is 0. The number of nitrogens with zero attached hydrogens (tertiary/aromatic N) is 3. The lowest BCUT2D eigenvalue weighted by molar-refractivity contribution is -0.549. The SMILES string of the molecule is FC(F)(F)c1cc(N=C([S-])[n+]2ccc(N3CCCC3)cc2)cc(C(F)(F)F)c1. The van der Waals surface area contributed by atoms with E-state index in [2.05, 4.69) is 9.89 Å². The maximum absolute atomic E-state index is 12.9. The fourth-order valence-electron chi connectivity index (χ4n) is 2.90. The fourth-order valence-corrected chi connectivity index (χ4v) is 3.13. The molecule has 0 amide bonds. The molecule has 1 aliphatic heterocycles. The van der Waals surface area contributed by atoms with Gasteiger partial charge in [-0.05, 0) is 18.9 Å². The van der Waals surface area contributed by atoms with Crippen LogP contribution < -0.4 is 9.47 Å². The third-order valence-corrected chi connectivity index (χ3v) is 4.60. The monoisotopic (exact) mass is 419 g/mol. The van der Waals surface area contributed by atoms with Gasteiger partial charge in [0.15, 0.2) is 10.9 Å². The molecular formula is C18H15F6N3S. The largest absolute Gasteiger partial charge is 0.687 e. The van der Waals surface area contributed by atoms with Gasteiger partial charge in [-0.25, -0.2) is 4.57 Å². The van der Waals surface area contributed by atoms with Crippen LogP contribution in [0.25, 0.3) is 0 Å². The van der Waals surface area contributed by atoms with Crippen molar-refractivity contribution in [2.75, 3.05) is 18.0 Å². The fraction of sp³-hybridized carbons (Fsp3) is 0.333. The quantitative estimate of drug-likeness (QED) is 0.231. The highest BCUT2D eigenvalue weighted by Gasteiger charge is 2.37. The molecule has 1 aromatic carbocycles. The summed E-state index contributed by atoms with van der Waals surface area (Å²) in [5, 5.41) is -0.166. The van der Waals surface area contributed by atoms with E-state index in [1.807, 2.05) is 0 Å². The highest BCUT2D eigenvalue weighted by molar-refractivity contribution is 7.76. The van der Waals surface area contributed by atoms with Crippen LogP contribution >= 0.6 is 0 Å². The van der Waals surface area contributed by atoms with Crippen molar-refractivity contribution in [3.63, 3.8) is 0 Å². The van der Waals surface area contributed by atoms with Crippen molar-refractivity contribution in [3.8, 4) is 0 Å². The van der Waals surface area contributed by atoms with Crippen molar-refractivity contribution >= 4 is 29.2 Å². The summed E-state index contributed by atoms with van der Waals surface area (Å²) in [6.45, 7) is 1.87. The van der Waals surface area contributed by atoms with Crippen molar-refractivity contribution < 1.29 is 30.9 Å². The van der Waals surface area contributed by atoms with E-state index in [1.54, 1.807) is 24.5 Å². The molecule has 0 bridgehead atoms. The van der Waals surface area contributed by atoms with Crippen molar-refractivity contribution in [3.05, 3.63) is 53.9 Å². The van der Waals surface area contributed by atoms with Crippen molar-refractivity contribution in [2.24, 2.45) is 4.99 Å². The van der Waals surface area contributed by atoms with E-state index >= 15 is 0 Å². The van der Waals surface area contributed by atoms with Gasteiger partial charge < -0.3 is 17.5 Å². The zero-order valence-electron chi connectivity index (χ0n) is 14.4. The summed E-state index contributed by atoms with van der Waals surface area (Å²) in [6, 6.07) is 4.70. The molecule has 1 fully saturated rings. The van der Waals surface area contributed by atoms with Crippen LogP contribution in [0.1, 0.15) is 24.0 Å². The number of pyridine rings is 1. The van der Waals surface area contributed by atoms with E-state index in [1.165, 1.54) is 4.57 Å². The number of hydrogen-bond acceptors (Lipinski definition) is 3. The second-order valence-corrected chi connectivity index (χ2v) is 6.68. The Morgan fingerprint density at radius 1 is 0.893 bits per heavy atom. The highest BCUT2D eigenvalue weighted by Crippen LogP contribution is 2.38. The first-order valence-corrected chi connectivity index (χ1v) is 8.77. The first kappa shape index (κ1) is 20.4. The maximum Gasteiger partial charge on any atom is 0.416 e. The van der Waals surface area contributed by atoms with Gasteiger partial charge in [0, 0.05) is 43.0 Å². The molecular weight excluding hydrogens is 404 g/mol. The minimum atomic E-state index is -4.93. The van der Waals surface area contributed by atoms with Gasteiger partial charge in [0.2, 0.25) is 0 Å². The second kappa shape index (κ2) is 7.57. The third kappa shape index (κ3) is 4.73. The number of aromatic nitrogens is 1. The van der Waals surface area contributed by atoms with E-state index < -0.39 is 29.2 Å². The summed E-state index contributed by atoms with van der Waals surface area (Å²) in [4.78, 5) is 5.96. The first-order valence-electron chi connectivity index (χ1n) is 8.36. The predicted octanol–water partition coefficient (Wildman–Crippen LogP) is 4.69. The number of hydrogen-bond donors (Lipinski definition) is 0. The molecule has 0 saturated carbocycles. The Balaban J connectivity index is 1.93. The normalized spacial score (nSPS) is 15.9. The van der Waals surface area contributed by atoms with Crippen molar-refractivity contribution in [1.29, 1.82) is 0 Å². The lowest BCUT2D eigenvalue weighted by Crippen LogP contribution is -2.40. The lowest BCUT2D eigenvalue weighted by Gasteiger charge is -2.17. The molecule has 1 saturated heterocycles. The Hall–Kier alpha value is -2.36. The van der Waals surface area contributed by atoms with Crippen LogP contribution in [0.3, 0.4) is 0 Å². The Morgan fingerprint density at radius 2 is 1.39 bits per heavy atom. The summed E-state index contributed by atoms with van der Waals surface area (Å²) in [5.41, 5.74) is -2.41. The zero-order chi connectivity index (χ0) is 20.5. The number of halogens is 6. The molecule has 0 aliphatic carbocycles. The van der Waals surface area contributed by atoms with Gasteiger partial charge in [-0.2, -0.15) is 26.3 Å². The number of benzene rings is 1. The number of aliphatic imine (C=N–C) groups is 1. The third-order valence-electron chi connectivity index (χ3n) is 4.30. The summed E-state index contributed by atoms with van der Waals surface area (Å²) < 4.78 is 79.0. The van der Waals surface area contributed by atoms with Crippen LogP contribution in [0.2, 0.25) is 0 Å². The Kier molecular flexibility index (Phi) is 5.51. The molecule has 0 spiro atoms. The topological polar surface area (TPSA) is 19.5 Å². The van der Waals surface area contributed by atoms with Gasteiger partial charge >= 0.3 is 12.4 Å². The Labute approximate surface area is 162 Å². The van der Waals surface area contributed by atoms with Gasteiger partial charge in [-0.15, -0.1) is 0 Å². The smallest absolute Gasteiger partial charge is 0.416 e. The molecule has 3 nitrogen and oxygen atoms in total. The van der Waals surface area contributed by atoms with Crippen molar-refractivity contribution in [1.82, 2.24) is 0 Å². The van der Waals surface area contributed by atoms with Gasteiger partial charge in [0.1, 0.15) is 0 Å². The molecule has 10 heteroatoms. The molecule has 28 heavy (non-hydrogen) atoms. The van der Waals surface area contributed by atoms with Gasteiger partial charge in [0.05, 0.1) is 23.5 Å². The predicted molar refractivity (Wildman–Crippen MR) is 94.4 cm³/mol. The average Bonchev–Trinajstić information content (AvgIpc) is 3.15. The van der Waals surface area contributed by atoms with Gasteiger partial charge in [0.25, 0.3) is 0 Å². The van der Waals surface area contributed by atoms with Gasteiger partial charge in [-0.1, -0.05) is 4.99 Å². The molecule has 0 atom stereocenters. The standard InChI is InChI=1S/C18H15F6N3S/c19-17(20,21)12-9-13(18(22,23)24)11-14(10-12)25-16(28)27-7-3-15(4-8-27)26-5-1-2-6-26/h3-4,7-11H,1-2,5-6H2. The van der Waals surface area contributed by atoms with Gasteiger partial charge in [-0.3, -0.25) is 0 Å². The summed E-state index contributed by atoms with van der Waals surface area (Å²) in [7, 11) is 0. The Bertz CT molecular complexity index is 836. The maximum atomic E-state index is 12.9. The number of anilines is 1. The van der Waals surface area contributed by atoms with E-state index in [4.69, 9.17) is 12.6 Å². The van der Waals surface area contributed by atoms with Crippen LogP contribution in [0, 0.1) is 0 Å². The van der Waals surface area contributed by atoms with Crippen LogP contribution in [0.4, 0.5) is 37.7 Å². The van der Waals surface area contributed by atoms with Crippen LogP contribution in [-0.4, -0.2) is 18.3 Å². The highest BCUT2D eigenvalue weighted by atomic mass is 32.1. The zero-order valence-corrected chi connectivity index (χ0v) is 15.2. The minimum absolute atomic E-state index is 0.0556. The molecule has 3 rings (SSSR count). The minimum Gasteiger partial charge on any atom is -0.687 e. The molecule has 0 radical (unpaired) electrons. The first-order chi connectivity index (χ1) is 13.0. The van der Waals surface area contributed by atoms with Crippen LogP contribution in [0.15, 0.2) is 47.7 Å². The molecule has 1 aromatic heterocycles. The number of alkyl halides is 6. The van der Waals surface area contributed by atoms with E-state index in [9.17, 15) is 26.3 Å². The lowest BCUT2D eigenvalue weighted by atomic mass is 10.1. The van der Waals surface area contributed by atoms with Crippen LogP contribution in [0.5, 0.6) is 0 Å². The second-order valence-electron chi connectivity index (χ2n) is 6.32. The summed E-state index contributed by atoms with van der Waals surface area (Å²) in [6.07, 6.45) is -4.51. The molecule has 2 aromatic rings. The molecule has 0 N–H and O–H groups in total. The molecule has 2 heterocycles.